The molecule has 0 heterocycles. The zero-order valence-electron chi connectivity index (χ0n) is 13.4. The fraction of sp³-hybridized carbons (Fsp3) is 0.684. The Hall–Kier alpha value is -1.22. The first-order chi connectivity index (χ1) is 10.4. The van der Waals surface area contributed by atoms with E-state index < -0.39 is 5.60 Å². The Morgan fingerprint density at radius 3 is 2.68 bits per heavy atom. The molecule has 6 atom stereocenters. The van der Waals surface area contributed by atoms with Gasteiger partial charge in [0, 0.05) is 11.6 Å². The molecule has 3 aliphatic carbocycles. The van der Waals surface area contributed by atoms with Crippen LogP contribution in [-0.2, 0) is 6.42 Å². The van der Waals surface area contributed by atoms with Crippen molar-refractivity contribution in [2.45, 2.75) is 57.5 Å². The second-order valence-electron chi connectivity index (χ2n) is 8.15. The molecule has 3 N–H and O–H groups in total. The van der Waals surface area contributed by atoms with Gasteiger partial charge >= 0.3 is 0 Å². The molecule has 1 aromatic rings. The first-order valence-electron chi connectivity index (χ1n) is 8.65. The first kappa shape index (κ1) is 14.4. The summed E-state index contributed by atoms with van der Waals surface area (Å²) in [5.74, 6) is 2.82. The highest BCUT2D eigenvalue weighted by Gasteiger charge is 2.54. The van der Waals surface area contributed by atoms with E-state index in [9.17, 15) is 15.3 Å². The van der Waals surface area contributed by atoms with Crippen LogP contribution < -0.4 is 0 Å². The van der Waals surface area contributed by atoms with Gasteiger partial charge in [0.05, 0.1) is 5.60 Å². The van der Waals surface area contributed by atoms with Crippen molar-refractivity contribution in [1.82, 2.24) is 0 Å². The second kappa shape index (κ2) is 4.64. The minimum Gasteiger partial charge on any atom is -0.508 e. The van der Waals surface area contributed by atoms with E-state index in [1.165, 1.54) is 6.07 Å². The molecule has 4 rings (SSSR count). The number of aliphatic hydroxyl groups is 1. The molecule has 0 unspecified atom stereocenters. The van der Waals surface area contributed by atoms with Crippen LogP contribution in [0.5, 0.6) is 11.5 Å². The van der Waals surface area contributed by atoms with Gasteiger partial charge in [-0.2, -0.15) is 0 Å². The fourth-order valence-electron chi connectivity index (χ4n) is 5.97. The van der Waals surface area contributed by atoms with Gasteiger partial charge in [0.25, 0.3) is 0 Å². The zero-order valence-corrected chi connectivity index (χ0v) is 13.4. The summed E-state index contributed by atoms with van der Waals surface area (Å²) in [6.45, 7) is 4.28. The Bertz CT molecular complexity index is 607. The molecular weight excluding hydrogens is 276 g/mol. The third-order valence-corrected chi connectivity index (χ3v) is 6.86. The molecule has 0 radical (unpaired) electrons. The molecule has 22 heavy (non-hydrogen) atoms. The summed E-state index contributed by atoms with van der Waals surface area (Å²) in [4.78, 5) is 0. The molecule has 0 saturated heterocycles. The van der Waals surface area contributed by atoms with E-state index in [1.54, 1.807) is 0 Å². The van der Waals surface area contributed by atoms with Crippen LogP contribution in [0.4, 0.5) is 0 Å². The molecule has 120 valence electrons. The van der Waals surface area contributed by atoms with Gasteiger partial charge in [-0.15, -0.1) is 0 Å². The average molecular weight is 302 g/mol. The summed E-state index contributed by atoms with van der Waals surface area (Å²) in [7, 11) is 0. The highest BCUT2D eigenvalue weighted by molar-refractivity contribution is 5.49. The van der Waals surface area contributed by atoms with Gasteiger partial charge in [-0.3, -0.25) is 0 Å². The predicted octanol–water partition coefficient (Wildman–Crippen LogP) is 3.56. The number of aromatic hydroxyl groups is 2. The number of hydrogen-bond acceptors (Lipinski definition) is 3. The van der Waals surface area contributed by atoms with Crippen LogP contribution >= 0.6 is 0 Å². The summed E-state index contributed by atoms with van der Waals surface area (Å²) in [6.07, 6.45) is 5.10. The molecule has 3 heteroatoms. The number of aryl methyl sites for hydroxylation is 1. The third kappa shape index (κ3) is 1.91. The molecule has 0 bridgehead atoms. The lowest BCUT2D eigenvalue weighted by atomic mass is 9.56. The second-order valence-corrected chi connectivity index (χ2v) is 8.15. The lowest BCUT2D eigenvalue weighted by Gasteiger charge is -2.49. The van der Waals surface area contributed by atoms with Crippen molar-refractivity contribution in [2.24, 2.45) is 23.7 Å². The summed E-state index contributed by atoms with van der Waals surface area (Å²) in [5, 5.41) is 30.9. The Labute approximate surface area is 132 Å². The summed E-state index contributed by atoms with van der Waals surface area (Å²) in [5.41, 5.74) is 1.68. The number of benzene rings is 1. The minimum atomic E-state index is -0.513. The van der Waals surface area contributed by atoms with Crippen LogP contribution in [0.15, 0.2) is 12.1 Å². The minimum absolute atomic E-state index is 0.167. The third-order valence-electron chi connectivity index (χ3n) is 6.86. The molecular formula is C19H26O3. The van der Waals surface area contributed by atoms with Gasteiger partial charge in [-0.25, -0.2) is 0 Å². The van der Waals surface area contributed by atoms with Crippen LogP contribution in [0.2, 0.25) is 0 Å². The van der Waals surface area contributed by atoms with Crippen LogP contribution in [-0.4, -0.2) is 20.9 Å². The van der Waals surface area contributed by atoms with Crippen molar-refractivity contribution in [3.05, 3.63) is 23.3 Å². The van der Waals surface area contributed by atoms with E-state index in [0.29, 0.717) is 29.6 Å². The van der Waals surface area contributed by atoms with Crippen molar-refractivity contribution in [1.29, 1.82) is 0 Å². The SMILES string of the molecule is C[C@H]1C[C@H]2[C@@H](CC[C@]2(C)O)[C@@H]2CCc3cc(O)cc(O)c3[C@H]21. The number of fused-ring (bicyclic) bond motifs is 5. The molecule has 3 nitrogen and oxygen atoms in total. The van der Waals surface area contributed by atoms with Gasteiger partial charge in [-0.05, 0) is 80.2 Å². The molecule has 1 aromatic carbocycles. The van der Waals surface area contributed by atoms with Crippen molar-refractivity contribution < 1.29 is 15.3 Å². The maximum Gasteiger partial charge on any atom is 0.123 e. The summed E-state index contributed by atoms with van der Waals surface area (Å²) < 4.78 is 0. The van der Waals surface area contributed by atoms with E-state index in [2.05, 4.69) is 6.92 Å². The highest BCUT2D eigenvalue weighted by Crippen LogP contribution is 2.60. The van der Waals surface area contributed by atoms with Gasteiger partial charge in [0.2, 0.25) is 0 Å². The Morgan fingerprint density at radius 2 is 1.91 bits per heavy atom. The normalized spacial score (nSPS) is 43.3. The summed E-state index contributed by atoms with van der Waals surface area (Å²) in [6, 6.07) is 3.32. The monoisotopic (exact) mass is 302 g/mol. The number of hydrogen-bond donors (Lipinski definition) is 3. The molecule has 0 spiro atoms. The van der Waals surface area contributed by atoms with Gasteiger partial charge in [0.15, 0.2) is 0 Å². The molecule has 3 aliphatic rings. The Kier molecular flexibility index (Phi) is 3.03. The lowest BCUT2D eigenvalue weighted by molar-refractivity contribution is -0.0349. The Morgan fingerprint density at radius 1 is 1.14 bits per heavy atom. The summed E-state index contributed by atoms with van der Waals surface area (Å²) >= 11 is 0. The first-order valence-corrected chi connectivity index (χ1v) is 8.65. The van der Waals surface area contributed by atoms with Crippen molar-refractivity contribution in [3.63, 3.8) is 0 Å². The zero-order chi connectivity index (χ0) is 15.6. The highest BCUT2D eigenvalue weighted by atomic mass is 16.3. The standard InChI is InChI=1S/C19H26O3/c1-10-7-15-13(5-6-19(15,2)22)14-4-3-11-8-12(20)9-16(21)18(11)17(10)14/h8-10,13-15,17,20-22H,3-7H2,1-2H3/t10-,13-,14-,15-,17-,19-/m0/s1. The van der Waals surface area contributed by atoms with Gasteiger partial charge in [0.1, 0.15) is 11.5 Å². The van der Waals surface area contributed by atoms with Gasteiger partial charge < -0.3 is 15.3 Å². The molecule has 2 saturated carbocycles. The van der Waals surface area contributed by atoms with E-state index in [4.69, 9.17) is 0 Å². The molecule has 2 fully saturated rings. The topological polar surface area (TPSA) is 60.7 Å². The van der Waals surface area contributed by atoms with Gasteiger partial charge in [-0.1, -0.05) is 6.92 Å². The molecule has 0 amide bonds. The van der Waals surface area contributed by atoms with Crippen LogP contribution in [0.1, 0.15) is 56.6 Å². The quantitative estimate of drug-likeness (QED) is 0.686. The van der Waals surface area contributed by atoms with Crippen molar-refractivity contribution in [2.75, 3.05) is 0 Å². The fourth-order valence-corrected chi connectivity index (χ4v) is 5.97. The number of rotatable bonds is 0. The van der Waals surface area contributed by atoms with Crippen LogP contribution in [0.3, 0.4) is 0 Å². The van der Waals surface area contributed by atoms with Crippen molar-refractivity contribution in [3.8, 4) is 11.5 Å². The van der Waals surface area contributed by atoms with Crippen LogP contribution in [0.25, 0.3) is 0 Å². The molecule has 0 aromatic heterocycles. The van der Waals surface area contributed by atoms with E-state index >= 15 is 0 Å². The van der Waals surface area contributed by atoms with Crippen molar-refractivity contribution >= 4 is 0 Å². The van der Waals surface area contributed by atoms with E-state index in [-0.39, 0.29) is 11.5 Å². The maximum atomic E-state index is 10.7. The predicted molar refractivity (Wildman–Crippen MR) is 84.9 cm³/mol. The van der Waals surface area contributed by atoms with E-state index in [1.807, 2.05) is 13.0 Å². The Balaban J connectivity index is 1.77. The largest absolute Gasteiger partial charge is 0.508 e. The van der Waals surface area contributed by atoms with E-state index in [0.717, 1.165) is 43.2 Å². The van der Waals surface area contributed by atoms with Crippen LogP contribution in [0, 0.1) is 23.7 Å². The number of phenolic OH excluding ortho intramolecular Hbond substituents is 2. The average Bonchev–Trinajstić information content (AvgIpc) is 2.74. The smallest absolute Gasteiger partial charge is 0.123 e. The maximum absolute atomic E-state index is 10.7. The number of phenols is 2. The lowest BCUT2D eigenvalue weighted by Crippen LogP contribution is -2.44. The molecule has 0 aliphatic heterocycles.